The number of benzene rings is 1. The summed E-state index contributed by atoms with van der Waals surface area (Å²) in [6.45, 7) is 1.76. The van der Waals surface area contributed by atoms with Crippen molar-refractivity contribution in [2.45, 2.75) is 6.92 Å². The highest BCUT2D eigenvalue weighted by Crippen LogP contribution is 2.18. The molecule has 2 amide bonds. The molecule has 0 aliphatic heterocycles. The van der Waals surface area contributed by atoms with Crippen LogP contribution in [-0.4, -0.2) is 29.8 Å². The van der Waals surface area contributed by atoms with Gasteiger partial charge in [-0.05, 0) is 30.5 Å². The molecule has 0 unspecified atom stereocenters. The number of hydrogen-bond donors (Lipinski definition) is 1. The third kappa shape index (κ3) is 3.67. The second-order valence-electron chi connectivity index (χ2n) is 4.44. The molecule has 116 valence electrons. The normalized spacial score (nSPS) is 10.3. The Balaban J connectivity index is 2.05. The number of rotatable bonds is 5. The van der Waals surface area contributed by atoms with Gasteiger partial charge in [-0.3, -0.25) is 9.59 Å². The van der Waals surface area contributed by atoms with E-state index >= 15 is 0 Å². The van der Waals surface area contributed by atoms with Crippen LogP contribution in [-0.2, 0) is 4.79 Å². The van der Waals surface area contributed by atoms with E-state index in [1.165, 1.54) is 22.3 Å². The van der Waals surface area contributed by atoms with Crippen molar-refractivity contribution in [3.63, 3.8) is 0 Å². The Morgan fingerprint density at radius 2 is 1.86 bits per heavy atom. The van der Waals surface area contributed by atoms with Crippen molar-refractivity contribution in [1.82, 2.24) is 4.90 Å². The van der Waals surface area contributed by atoms with Crippen LogP contribution >= 0.6 is 11.3 Å². The Labute approximate surface area is 130 Å². The lowest BCUT2D eigenvalue weighted by molar-refractivity contribution is -0.116. The van der Waals surface area contributed by atoms with E-state index in [4.69, 9.17) is 0 Å². The first-order valence-corrected chi connectivity index (χ1v) is 7.47. The van der Waals surface area contributed by atoms with Crippen LogP contribution in [0.5, 0.6) is 0 Å². The number of thiophene rings is 1. The van der Waals surface area contributed by atoms with Gasteiger partial charge in [-0.1, -0.05) is 12.1 Å². The summed E-state index contributed by atoms with van der Waals surface area (Å²) in [5.41, 5.74) is -0.507. The SMILES string of the molecule is CCN(CC(=O)Nc1c(F)cccc1F)C(=O)c1cccs1. The maximum Gasteiger partial charge on any atom is 0.264 e. The fraction of sp³-hybridized carbons (Fsp3) is 0.200. The lowest BCUT2D eigenvalue weighted by Gasteiger charge is -2.19. The molecule has 0 aliphatic rings. The molecule has 0 aliphatic carbocycles. The van der Waals surface area contributed by atoms with E-state index in [0.29, 0.717) is 11.4 Å². The maximum atomic E-state index is 13.5. The highest BCUT2D eigenvalue weighted by molar-refractivity contribution is 7.12. The third-order valence-electron chi connectivity index (χ3n) is 2.96. The van der Waals surface area contributed by atoms with Crippen LogP contribution < -0.4 is 5.32 Å². The molecular formula is C15H14F2N2O2S. The number of nitrogens with zero attached hydrogens (tertiary/aromatic N) is 1. The molecule has 1 aromatic heterocycles. The van der Waals surface area contributed by atoms with Gasteiger partial charge in [0.1, 0.15) is 23.9 Å². The third-order valence-corrected chi connectivity index (χ3v) is 3.82. The Morgan fingerprint density at radius 3 is 2.41 bits per heavy atom. The number of amides is 2. The van der Waals surface area contributed by atoms with Crippen LogP contribution in [0.2, 0.25) is 0 Å². The zero-order valence-corrected chi connectivity index (χ0v) is 12.6. The zero-order valence-electron chi connectivity index (χ0n) is 11.8. The Kier molecular flexibility index (Phi) is 5.21. The van der Waals surface area contributed by atoms with Crippen molar-refractivity contribution in [3.05, 3.63) is 52.2 Å². The van der Waals surface area contributed by atoms with Gasteiger partial charge in [-0.25, -0.2) is 8.78 Å². The van der Waals surface area contributed by atoms with Gasteiger partial charge in [0.05, 0.1) is 4.88 Å². The van der Waals surface area contributed by atoms with E-state index in [0.717, 1.165) is 12.1 Å². The summed E-state index contributed by atoms with van der Waals surface area (Å²) in [6, 6.07) is 6.70. The second kappa shape index (κ2) is 7.13. The minimum absolute atomic E-state index is 0.277. The molecule has 0 bridgehead atoms. The maximum absolute atomic E-state index is 13.5. The summed E-state index contributed by atoms with van der Waals surface area (Å²) in [6.07, 6.45) is 0. The molecule has 2 aromatic rings. The molecule has 0 radical (unpaired) electrons. The largest absolute Gasteiger partial charge is 0.329 e. The fourth-order valence-electron chi connectivity index (χ4n) is 1.85. The molecule has 2 rings (SSSR count). The number of anilines is 1. The lowest BCUT2D eigenvalue weighted by Crippen LogP contribution is -2.37. The van der Waals surface area contributed by atoms with E-state index in [2.05, 4.69) is 5.32 Å². The van der Waals surface area contributed by atoms with Gasteiger partial charge >= 0.3 is 0 Å². The minimum Gasteiger partial charge on any atom is -0.329 e. The topological polar surface area (TPSA) is 49.4 Å². The number of halogens is 2. The Bertz CT molecular complexity index is 654. The molecule has 1 N–H and O–H groups in total. The molecule has 0 spiro atoms. The number of carbonyl (C=O) groups excluding carboxylic acids is 2. The van der Waals surface area contributed by atoms with Gasteiger partial charge in [0.2, 0.25) is 5.91 Å². The standard InChI is InChI=1S/C15H14F2N2O2S/c1-2-19(15(21)12-7-4-8-22-12)9-13(20)18-14-10(16)5-3-6-11(14)17/h3-8H,2,9H2,1H3,(H,18,20). The van der Waals surface area contributed by atoms with E-state index in [9.17, 15) is 18.4 Å². The highest BCUT2D eigenvalue weighted by atomic mass is 32.1. The van der Waals surface area contributed by atoms with Crippen molar-refractivity contribution in [1.29, 1.82) is 0 Å². The molecule has 0 atom stereocenters. The average molecular weight is 324 g/mol. The van der Waals surface area contributed by atoms with E-state index < -0.39 is 23.2 Å². The number of hydrogen-bond acceptors (Lipinski definition) is 3. The Hall–Kier alpha value is -2.28. The van der Waals surface area contributed by atoms with Crippen LogP contribution in [0.3, 0.4) is 0 Å². The van der Waals surface area contributed by atoms with Crippen molar-refractivity contribution in [2.24, 2.45) is 0 Å². The van der Waals surface area contributed by atoms with Crippen LogP contribution in [0, 0.1) is 11.6 Å². The zero-order chi connectivity index (χ0) is 16.1. The summed E-state index contributed by atoms with van der Waals surface area (Å²) < 4.78 is 27.0. The summed E-state index contributed by atoms with van der Waals surface area (Å²) >= 11 is 1.27. The molecule has 0 saturated heterocycles. The van der Waals surface area contributed by atoms with Gasteiger partial charge in [-0.2, -0.15) is 0 Å². The minimum atomic E-state index is -0.860. The van der Waals surface area contributed by atoms with E-state index in [-0.39, 0.29) is 12.5 Å². The van der Waals surface area contributed by atoms with Crippen LogP contribution in [0.15, 0.2) is 35.7 Å². The summed E-state index contributed by atoms with van der Waals surface area (Å²) in [5, 5.41) is 3.92. The monoisotopic (exact) mass is 324 g/mol. The molecular weight excluding hydrogens is 310 g/mol. The number of likely N-dealkylation sites (N-methyl/N-ethyl adjacent to an activating group) is 1. The van der Waals surface area contributed by atoms with Gasteiger partial charge in [0, 0.05) is 6.54 Å². The van der Waals surface area contributed by atoms with Crippen LogP contribution in [0.1, 0.15) is 16.6 Å². The molecule has 0 fully saturated rings. The van der Waals surface area contributed by atoms with E-state index in [1.54, 1.807) is 24.4 Å². The molecule has 0 saturated carbocycles. The number of nitrogens with one attached hydrogen (secondary N) is 1. The van der Waals surface area contributed by atoms with Gasteiger partial charge in [-0.15, -0.1) is 11.3 Å². The average Bonchev–Trinajstić information content (AvgIpc) is 3.02. The molecule has 22 heavy (non-hydrogen) atoms. The molecule has 1 aromatic carbocycles. The molecule has 7 heteroatoms. The second-order valence-corrected chi connectivity index (χ2v) is 5.39. The summed E-state index contributed by atoms with van der Waals surface area (Å²) in [5.74, 6) is -2.67. The fourth-order valence-corrected chi connectivity index (χ4v) is 2.54. The first-order valence-electron chi connectivity index (χ1n) is 6.59. The predicted octanol–water partition coefficient (Wildman–Crippen LogP) is 3.13. The number of carbonyl (C=O) groups is 2. The van der Waals surface area contributed by atoms with Gasteiger partial charge < -0.3 is 10.2 Å². The predicted molar refractivity (Wildman–Crippen MR) is 80.9 cm³/mol. The highest BCUT2D eigenvalue weighted by Gasteiger charge is 2.19. The van der Waals surface area contributed by atoms with Crippen molar-refractivity contribution in [3.8, 4) is 0 Å². The summed E-state index contributed by atoms with van der Waals surface area (Å²) in [7, 11) is 0. The Morgan fingerprint density at radius 1 is 1.18 bits per heavy atom. The van der Waals surface area contributed by atoms with Crippen LogP contribution in [0.25, 0.3) is 0 Å². The first-order chi connectivity index (χ1) is 10.5. The van der Waals surface area contributed by atoms with Crippen molar-refractivity contribution < 1.29 is 18.4 Å². The molecule has 1 heterocycles. The summed E-state index contributed by atoms with van der Waals surface area (Å²) in [4.78, 5) is 25.9. The van der Waals surface area contributed by atoms with Crippen LogP contribution in [0.4, 0.5) is 14.5 Å². The smallest absolute Gasteiger partial charge is 0.264 e. The lowest BCUT2D eigenvalue weighted by atomic mass is 10.3. The van der Waals surface area contributed by atoms with Crippen molar-refractivity contribution >= 4 is 28.8 Å². The molecule has 4 nitrogen and oxygen atoms in total. The van der Waals surface area contributed by atoms with Gasteiger partial charge in [0.15, 0.2) is 0 Å². The van der Waals surface area contributed by atoms with Crippen molar-refractivity contribution in [2.75, 3.05) is 18.4 Å². The van der Waals surface area contributed by atoms with E-state index in [1.807, 2.05) is 0 Å². The first kappa shape index (κ1) is 16.1. The quantitative estimate of drug-likeness (QED) is 0.918. The number of para-hydroxylation sites is 1. The van der Waals surface area contributed by atoms with Gasteiger partial charge in [0.25, 0.3) is 5.91 Å².